The quantitative estimate of drug-likeness (QED) is 0.544. The van der Waals surface area contributed by atoms with Crippen molar-refractivity contribution in [3.63, 3.8) is 0 Å². The van der Waals surface area contributed by atoms with E-state index in [-0.39, 0.29) is 23.9 Å². The number of aromatic nitrogens is 1. The van der Waals surface area contributed by atoms with Gasteiger partial charge in [0.2, 0.25) is 11.8 Å². The van der Waals surface area contributed by atoms with Crippen molar-refractivity contribution in [1.82, 2.24) is 20.5 Å². The van der Waals surface area contributed by atoms with Crippen LogP contribution in [0.1, 0.15) is 46.6 Å². The number of hydrogen-bond donors (Lipinski definition) is 4. The number of H-pyrrole nitrogens is 1. The second-order valence-corrected chi connectivity index (χ2v) is 9.61. The Morgan fingerprint density at radius 3 is 2.68 bits per heavy atom. The van der Waals surface area contributed by atoms with E-state index >= 15 is 0 Å². The molecule has 7 nitrogen and oxygen atoms in total. The molecule has 4 N–H and O–H groups in total. The number of likely N-dealkylation sites (tertiary alicyclic amines) is 1. The van der Waals surface area contributed by atoms with E-state index < -0.39 is 17.6 Å². The molecule has 2 heterocycles. The molecule has 2 amide bonds. The van der Waals surface area contributed by atoms with Crippen molar-refractivity contribution in [2.75, 3.05) is 13.1 Å². The van der Waals surface area contributed by atoms with E-state index in [1.807, 2.05) is 52.1 Å². The molecule has 4 atom stereocenters. The zero-order valence-corrected chi connectivity index (χ0v) is 19.2. The van der Waals surface area contributed by atoms with Gasteiger partial charge < -0.3 is 25.6 Å². The average Bonchev–Trinajstić information content (AvgIpc) is 3.29. The number of fused-ring (bicyclic) bond motifs is 1. The first-order valence-electron chi connectivity index (χ1n) is 11.2. The molecule has 1 aliphatic rings. The van der Waals surface area contributed by atoms with E-state index in [4.69, 9.17) is 0 Å². The predicted molar refractivity (Wildman–Crippen MR) is 123 cm³/mol. The fraction of sp³-hybridized carbons (Fsp3) is 0.583. The van der Waals surface area contributed by atoms with Crippen LogP contribution in [0.2, 0.25) is 0 Å². The molecule has 3 rings (SSSR count). The summed E-state index contributed by atoms with van der Waals surface area (Å²) in [7, 11) is 0. The number of aliphatic hydroxyl groups is 1. The van der Waals surface area contributed by atoms with Gasteiger partial charge in [0.15, 0.2) is 0 Å². The molecular formula is C24H36N4O3. The monoisotopic (exact) mass is 428 g/mol. The molecule has 7 heteroatoms. The summed E-state index contributed by atoms with van der Waals surface area (Å²) >= 11 is 0. The summed E-state index contributed by atoms with van der Waals surface area (Å²) in [6, 6.07) is 6.67. The van der Waals surface area contributed by atoms with Crippen molar-refractivity contribution in [2.45, 2.75) is 71.7 Å². The number of aromatic amines is 1. The van der Waals surface area contributed by atoms with E-state index in [2.05, 4.69) is 21.7 Å². The normalized spacial score (nSPS) is 21.3. The minimum atomic E-state index is -0.670. The number of rotatable bonds is 7. The summed E-state index contributed by atoms with van der Waals surface area (Å²) < 4.78 is 0. The number of para-hydroxylation sites is 1. The van der Waals surface area contributed by atoms with Crippen LogP contribution >= 0.6 is 0 Å². The van der Waals surface area contributed by atoms with Crippen molar-refractivity contribution < 1.29 is 14.7 Å². The average molecular weight is 429 g/mol. The van der Waals surface area contributed by atoms with Crippen molar-refractivity contribution in [2.24, 2.45) is 5.41 Å². The summed E-state index contributed by atoms with van der Waals surface area (Å²) in [6.45, 7) is 10.8. The molecule has 0 radical (unpaired) electrons. The van der Waals surface area contributed by atoms with Gasteiger partial charge in [0.1, 0.15) is 6.04 Å². The van der Waals surface area contributed by atoms with Gasteiger partial charge in [0, 0.05) is 23.6 Å². The van der Waals surface area contributed by atoms with Gasteiger partial charge in [0.25, 0.3) is 0 Å². The SMILES string of the molecule is CCN[C@@H](C)C(=O)N[C@H](C(=O)N1CCC(O)[C@@H]1Cc1c[nH]c2ccccc12)C(C)(C)C. The Kier molecular flexibility index (Phi) is 7.06. The van der Waals surface area contributed by atoms with Crippen LogP contribution in [0.3, 0.4) is 0 Å². The highest BCUT2D eigenvalue weighted by Gasteiger charge is 2.43. The Bertz CT molecular complexity index is 917. The number of benzene rings is 1. The zero-order valence-electron chi connectivity index (χ0n) is 19.2. The number of nitrogens with zero attached hydrogens (tertiary/aromatic N) is 1. The van der Waals surface area contributed by atoms with Crippen LogP contribution in [0.25, 0.3) is 10.9 Å². The third kappa shape index (κ3) is 5.10. The maximum absolute atomic E-state index is 13.6. The van der Waals surface area contributed by atoms with E-state index in [0.717, 1.165) is 16.5 Å². The zero-order chi connectivity index (χ0) is 22.8. The summed E-state index contributed by atoms with van der Waals surface area (Å²) in [4.78, 5) is 31.3. The van der Waals surface area contributed by atoms with Gasteiger partial charge in [-0.25, -0.2) is 0 Å². The molecule has 1 fully saturated rings. The molecule has 170 valence electrons. The number of carbonyl (C=O) groups is 2. The Morgan fingerprint density at radius 1 is 1.29 bits per heavy atom. The Hall–Kier alpha value is -2.38. The highest BCUT2D eigenvalue weighted by atomic mass is 16.3. The number of carbonyl (C=O) groups excluding carboxylic acids is 2. The largest absolute Gasteiger partial charge is 0.391 e. The third-order valence-corrected chi connectivity index (χ3v) is 6.20. The van der Waals surface area contributed by atoms with Crippen LogP contribution in [-0.4, -0.2) is 64.1 Å². The smallest absolute Gasteiger partial charge is 0.246 e. The van der Waals surface area contributed by atoms with E-state index in [1.165, 1.54) is 0 Å². The molecular weight excluding hydrogens is 392 g/mol. The predicted octanol–water partition coefficient (Wildman–Crippen LogP) is 2.20. The van der Waals surface area contributed by atoms with Gasteiger partial charge in [-0.3, -0.25) is 9.59 Å². The van der Waals surface area contributed by atoms with Gasteiger partial charge in [-0.1, -0.05) is 45.9 Å². The highest BCUT2D eigenvalue weighted by molar-refractivity contribution is 5.90. The molecule has 1 aromatic heterocycles. The number of likely N-dealkylation sites (N-methyl/N-ethyl adjacent to an activating group) is 1. The van der Waals surface area contributed by atoms with E-state index in [1.54, 1.807) is 11.8 Å². The maximum atomic E-state index is 13.6. The highest BCUT2D eigenvalue weighted by Crippen LogP contribution is 2.29. The molecule has 1 unspecified atom stereocenters. The molecule has 0 saturated carbocycles. The molecule has 31 heavy (non-hydrogen) atoms. The van der Waals surface area contributed by atoms with Crippen molar-refractivity contribution in [1.29, 1.82) is 0 Å². The first kappa shape index (κ1) is 23.3. The van der Waals surface area contributed by atoms with Crippen molar-refractivity contribution >= 4 is 22.7 Å². The van der Waals surface area contributed by atoms with E-state index in [0.29, 0.717) is 25.9 Å². The van der Waals surface area contributed by atoms with Crippen LogP contribution in [0, 0.1) is 5.41 Å². The number of aliphatic hydroxyl groups excluding tert-OH is 1. The maximum Gasteiger partial charge on any atom is 0.246 e. The van der Waals surface area contributed by atoms with Crippen molar-refractivity contribution in [3.05, 3.63) is 36.0 Å². The lowest BCUT2D eigenvalue weighted by atomic mass is 9.85. The van der Waals surface area contributed by atoms with Crippen LogP contribution in [0.5, 0.6) is 0 Å². The van der Waals surface area contributed by atoms with Crippen LogP contribution < -0.4 is 10.6 Å². The van der Waals surface area contributed by atoms with Gasteiger partial charge in [-0.2, -0.15) is 0 Å². The first-order valence-corrected chi connectivity index (χ1v) is 11.2. The summed E-state index contributed by atoms with van der Waals surface area (Å²) in [5, 5.41) is 17.9. The lowest BCUT2D eigenvalue weighted by Crippen LogP contribution is -2.59. The topological polar surface area (TPSA) is 97.5 Å². The van der Waals surface area contributed by atoms with Gasteiger partial charge >= 0.3 is 0 Å². The van der Waals surface area contributed by atoms with Gasteiger partial charge in [-0.05, 0) is 43.4 Å². The lowest BCUT2D eigenvalue weighted by Gasteiger charge is -2.36. The fourth-order valence-corrected chi connectivity index (χ4v) is 4.36. The number of hydrogen-bond acceptors (Lipinski definition) is 4. The lowest BCUT2D eigenvalue weighted by molar-refractivity contribution is -0.141. The molecule has 0 spiro atoms. The number of amides is 2. The minimum Gasteiger partial charge on any atom is -0.391 e. The standard InChI is InChI=1S/C24H36N4O3/c1-6-25-15(2)22(30)27-21(24(3,4)5)23(31)28-12-11-20(29)19(28)13-16-14-26-18-10-8-7-9-17(16)18/h7-10,14-15,19-21,25-26,29H,6,11-13H2,1-5H3,(H,27,30)/t15-,19-,20?,21+/m0/s1. The van der Waals surface area contributed by atoms with Gasteiger partial charge in [0.05, 0.1) is 18.2 Å². The molecule has 1 aliphatic heterocycles. The molecule has 0 bridgehead atoms. The Morgan fingerprint density at radius 2 is 2.00 bits per heavy atom. The molecule has 2 aromatic rings. The summed E-state index contributed by atoms with van der Waals surface area (Å²) in [5.74, 6) is -0.325. The summed E-state index contributed by atoms with van der Waals surface area (Å²) in [5.41, 5.74) is 1.66. The number of nitrogens with one attached hydrogen (secondary N) is 3. The second kappa shape index (κ2) is 9.40. The van der Waals surface area contributed by atoms with Crippen molar-refractivity contribution in [3.8, 4) is 0 Å². The van der Waals surface area contributed by atoms with Gasteiger partial charge in [-0.15, -0.1) is 0 Å². The second-order valence-electron chi connectivity index (χ2n) is 9.61. The van der Waals surface area contributed by atoms with E-state index in [9.17, 15) is 14.7 Å². The third-order valence-electron chi connectivity index (χ3n) is 6.20. The fourth-order valence-electron chi connectivity index (χ4n) is 4.36. The molecule has 1 aromatic carbocycles. The summed E-state index contributed by atoms with van der Waals surface area (Å²) in [6.07, 6.45) is 2.47. The Balaban J connectivity index is 1.81. The first-order chi connectivity index (χ1) is 14.6. The molecule has 1 saturated heterocycles. The van der Waals surface area contributed by atoms with Crippen LogP contribution in [-0.2, 0) is 16.0 Å². The minimum absolute atomic E-state index is 0.133. The van der Waals surface area contributed by atoms with Crippen LogP contribution in [0.4, 0.5) is 0 Å². The van der Waals surface area contributed by atoms with Crippen LogP contribution in [0.15, 0.2) is 30.5 Å². The Labute approximate surface area is 184 Å². The molecule has 0 aliphatic carbocycles.